The molecule has 4 saturated heterocycles. The van der Waals surface area contributed by atoms with Gasteiger partial charge in [-0.05, 0) is 124 Å². The van der Waals surface area contributed by atoms with Gasteiger partial charge < -0.3 is 30.7 Å². The zero-order valence-electron chi connectivity index (χ0n) is 38.7. The minimum atomic E-state index is -0.972. The standard InChI is InChI=1S/C48H57N15O5/c1-28-42(29(2)63-48(57(28)3)54-55-56-63)45(66)52-32-4-7-38(49)37(25-32)43(50)31-10-15-51-40(24-31)61-22-20-58(21-23-61)27-30-11-16-59(17-12-30)33-13-18-60(19-14-33)34-5-6-35-36(26-34)47(68)62(46(35)67)39-8-9-41(64)53-44(39)65/h4-7,10,15,24-26,29-30,33,39,50H,8-9,11-14,16-23,27,49H2,1-3H3,(H,52,66)(H,53,64,65)/t29-,39?/m1/s1. The summed E-state index contributed by atoms with van der Waals surface area (Å²) in [5.74, 6) is -0.202. The van der Waals surface area contributed by atoms with E-state index in [2.05, 4.69) is 45.8 Å². The van der Waals surface area contributed by atoms with Gasteiger partial charge in [-0.15, -0.1) is 0 Å². The van der Waals surface area contributed by atoms with E-state index in [0.29, 0.717) is 57.1 Å². The van der Waals surface area contributed by atoms with Crippen molar-refractivity contribution in [3.63, 3.8) is 0 Å². The first-order valence-corrected chi connectivity index (χ1v) is 23.6. The van der Waals surface area contributed by atoms with Gasteiger partial charge in [0.05, 0.1) is 28.5 Å². The number of likely N-dealkylation sites (tertiary alicyclic amines) is 1. The van der Waals surface area contributed by atoms with Gasteiger partial charge in [0.1, 0.15) is 11.9 Å². The Labute approximate surface area is 394 Å². The van der Waals surface area contributed by atoms with Crippen molar-refractivity contribution in [1.29, 1.82) is 5.41 Å². The van der Waals surface area contributed by atoms with Gasteiger partial charge in [0.25, 0.3) is 17.7 Å². The van der Waals surface area contributed by atoms with Crippen LogP contribution in [0, 0.1) is 11.3 Å². The number of hydrogen-bond acceptors (Lipinski definition) is 16. The number of amides is 5. The highest BCUT2D eigenvalue weighted by Gasteiger charge is 2.45. The molecule has 2 aromatic heterocycles. The molecule has 354 valence electrons. The molecule has 0 aliphatic carbocycles. The summed E-state index contributed by atoms with van der Waals surface area (Å²) in [5.41, 5.74) is 11.7. The Morgan fingerprint density at radius 2 is 1.62 bits per heavy atom. The maximum atomic E-state index is 13.6. The van der Waals surface area contributed by atoms with Gasteiger partial charge in [-0.25, -0.2) is 9.67 Å². The Balaban J connectivity index is 0.680. The Kier molecular flexibility index (Phi) is 12.0. The van der Waals surface area contributed by atoms with Crippen LogP contribution in [0.3, 0.4) is 0 Å². The van der Waals surface area contributed by atoms with Crippen molar-refractivity contribution >= 4 is 64.1 Å². The zero-order valence-corrected chi connectivity index (χ0v) is 38.7. The van der Waals surface area contributed by atoms with Crippen LogP contribution in [0.5, 0.6) is 0 Å². The third kappa shape index (κ3) is 8.35. The molecule has 4 fully saturated rings. The quantitative estimate of drug-likeness (QED) is 0.102. The lowest BCUT2D eigenvalue weighted by Crippen LogP contribution is -2.54. The summed E-state index contributed by atoms with van der Waals surface area (Å²) in [6.45, 7) is 12.3. The third-order valence-corrected chi connectivity index (χ3v) is 14.9. The van der Waals surface area contributed by atoms with Crippen LogP contribution in [0.1, 0.15) is 90.3 Å². The SMILES string of the molecule is CC1=C(C(=O)Nc2ccc(N)c(C(=N)c3ccnc(N4CCN(CC5CCN(C6CCN(c7ccc8c(c7)C(=O)N(C7CCC(=O)NC7=O)C8=O)CC6)CC5)CC4)c3)c2)[C@@H](C)n2nnnc2N1C. The number of hydrogen-bond donors (Lipinski definition) is 4. The Morgan fingerprint density at radius 1 is 0.868 bits per heavy atom. The van der Waals surface area contributed by atoms with E-state index >= 15 is 0 Å². The fourth-order valence-corrected chi connectivity index (χ4v) is 10.9. The number of aromatic nitrogens is 5. The predicted molar refractivity (Wildman–Crippen MR) is 255 cm³/mol. The van der Waals surface area contributed by atoms with Crippen LogP contribution < -0.4 is 31.1 Å². The average molecular weight is 924 g/mol. The molecule has 0 bridgehead atoms. The van der Waals surface area contributed by atoms with Gasteiger partial charge >= 0.3 is 0 Å². The van der Waals surface area contributed by atoms with E-state index in [4.69, 9.17) is 10.7 Å². The number of anilines is 5. The molecule has 0 saturated carbocycles. The lowest BCUT2D eigenvalue weighted by atomic mass is 9.92. The van der Waals surface area contributed by atoms with E-state index in [9.17, 15) is 29.4 Å². The molecule has 0 spiro atoms. The number of nitrogens with one attached hydrogen (secondary N) is 3. The molecule has 2 aromatic carbocycles. The summed E-state index contributed by atoms with van der Waals surface area (Å²) in [4.78, 5) is 81.7. The molecule has 5 amide bonds. The Bertz CT molecular complexity index is 2730. The second-order valence-corrected chi connectivity index (χ2v) is 18.9. The van der Waals surface area contributed by atoms with Crippen molar-refractivity contribution < 1.29 is 24.0 Å². The maximum Gasteiger partial charge on any atom is 0.262 e. The number of nitrogen functional groups attached to an aromatic ring is 1. The fraction of sp³-hybridized carbons (Fsp3) is 0.458. The van der Waals surface area contributed by atoms with Gasteiger partial charge in [0, 0.05) is 105 Å². The number of benzene rings is 2. The van der Waals surface area contributed by atoms with Gasteiger partial charge in [0.15, 0.2) is 0 Å². The number of nitrogens with zero attached hydrogens (tertiary/aromatic N) is 11. The number of carbonyl (C=O) groups excluding carboxylic acids is 5. The maximum absolute atomic E-state index is 13.6. The average Bonchev–Trinajstić information content (AvgIpc) is 3.94. The highest BCUT2D eigenvalue weighted by atomic mass is 16.2. The van der Waals surface area contributed by atoms with Crippen LogP contribution >= 0.6 is 0 Å². The van der Waals surface area contributed by atoms with Crippen LogP contribution in [0.25, 0.3) is 0 Å². The minimum absolute atomic E-state index is 0.0932. The van der Waals surface area contributed by atoms with Gasteiger partial charge in [-0.2, -0.15) is 0 Å². The van der Waals surface area contributed by atoms with Crippen LogP contribution in [0.2, 0.25) is 0 Å². The van der Waals surface area contributed by atoms with E-state index in [1.54, 1.807) is 46.1 Å². The minimum Gasteiger partial charge on any atom is -0.398 e. The van der Waals surface area contributed by atoms with Crippen LogP contribution in [-0.4, -0.2) is 153 Å². The monoisotopic (exact) mass is 923 g/mol. The summed E-state index contributed by atoms with van der Waals surface area (Å²) in [5, 5.41) is 26.4. The number of imide groups is 2. The molecule has 6 aliphatic rings. The summed E-state index contributed by atoms with van der Waals surface area (Å²) in [6.07, 6.45) is 6.35. The zero-order chi connectivity index (χ0) is 47.4. The second kappa shape index (κ2) is 18.2. The van der Waals surface area contributed by atoms with E-state index in [-0.39, 0.29) is 36.4 Å². The lowest BCUT2D eigenvalue weighted by molar-refractivity contribution is -0.136. The van der Waals surface area contributed by atoms with Gasteiger partial charge in [-0.1, -0.05) is 5.10 Å². The highest BCUT2D eigenvalue weighted by Crippen LogP contribution is 2.35. The van der Waals surface area contributed by atoms with E-state index < -0.39 is 23.8 Å². The van der Waals surface area contributed by atoms with Crippen molar-refractivity contribution in [2.24, 2.45) is 5.92 Å². The number of piperazine rings is 1. The first-order chi connectivity index (χ1) is 32.8. The largest absolute Gasteiger partial charge is 0.398 e. The summed E-state index contributed by atoms with van der Waals surface area (Å²) >= 11 is 0. The van der Waals surface area contributed by atoms with Gasteiger partial charge in [0.2, 0.25) is 17.8 Å². The summed E-state index contributed by atoms with van der Waals surface area (Å²) in [6, 6.07) is 13.5. The third-order valence-electron chi connectivity index (χ3n) is 14.9. The molecule has 1 unspecified atom stereocenters. The van der Waals surface area contributed by atoms with Gasteiger partial charge in [-0.3, -0.25) is 44.5 Å². The number of fused-ring (bicyclic) bond motifs is 2. The lowest BCUT2D eigenvalue weighted by Gasteiger charge is -2.43. The smallest absolute Gasteiger partial charge is 0.262 e. The number of piperidine rings is 3. The van der Waals surface area contributed by atoms with Crippen LogP contribution in [-0.2, 0) is 14.4 Å². The molecule has 5 N–H and O–H groups in total. The molecule has 8 heterocycles. The Hall–Kier alpha value is -7.06. The summed E-state index contributed by atoms with van der Waals surface area (Å²) in [7, 11) is 1.82. The molecule has 10 rings (SSSR count). The first kappa shape index (κ1) is 44.8. The second-order valence-electron chi connectivity index (χ2n) is 18.9. The molecule has 2 atom stereocenters. The van der Waals surface area contributed by atoms with E-state index in [1.807, 2.05) is 39.1 Å². The topological polar surface area (TPSA) is 235 Å². The number of allylic oxidation sites excluding steroid dienone is 1. The Morgan fingerprint density at radius 3 is 2.37 bits per heavy atom. The fourth-order valence-electron chi connectivity index (χ4n) is 10.9. The van der Waals surface area contributed by atoms with E-state index in [1.165, 1.54) is 12.8 Å². The summed E-state index contributed by atoms with van der Waals surface area (Å²) < 4.78 is 1.62. The predicted octanol–water partition coefficient (Wildman–Crippen LogP) is 2.89. The molecule has 4 aromatic rings. The molecule has 6 aliphatic heterocycles. The molecule has 68 heavy (non-hydrogen) atoms. The van der Waals surface area contributed by atoms with Crippen molar-refractivity contribution in [2.45, 2.75) is 70.5 Å². The van der Waals surface area contributed by atoms with Crippen molar-refractivity contribution in [3.05, 3.63) is 88.3 Å². The normalized spacial score (nSPS) is 22.2. The number of carbonyl (C=O) groups is 5. The van der Waals surface area contributed by atoms with Crippen molar-refractivity contribution in [3.8, 4) is 0 Å². The van der Waals surface area contributed by atoms with Crippen LogP contribution in [0.15, 0.2) is 66.0 Å². The number of pyridine rings is 1. The molecule has 20 nitrogen and oxygen atoms in total. The molecular weight excluding hydrogens is 867 g/mol. The van der Waals surface area contributed by atoms with E-state index in [0.717, 1.165) is 93.8 Å². The van der Waals surface area contributed by atoms with Crippen LogP contribution in [0.4, 0.5) is 28.8 Å². The molecular formula is C48H57N15O5. The highest BCUT2D eigenvalue weighted by molar-refractivity contribution is 6.24. The molecule has 20 heteroatoms. The number of tetrazole rings is 1. The van der Waals surface area contributed by atoms with Crippen molar-refractivity contribution in [1.82, 2.24) is 45.2 Å². The number of nitrogens with two attached hydrogens (primary N) is 1. The molecule has 0 radical (unpaired) electrons. The number of rotatable bonds is 10. The van der Waals surface area contributed by atoms with Crippen molar-refractivity contribution in [2.75, 3.05) is 91.7 Å². The first-order valence-electron chi connectivity index (χ1n) is 23.6.